The van der Waals surface area contributed by atoms with Crippen molar-refractivity contribution in [2.45, 2.75) is 31.7 Å². The average Bonchev–Trinajstić information content (AvgIpc) is 2.75. The van der Waals surface area contributed by atoms with Gasteiger partial charge in [-0.1, -0.05) is 62.4 Å². The monoisotopic (exact) mass is 396 g/mol. The summed E-state index contributed by atoms with van der Waals surface area (Å²) in [4.78, 5) is 15.2. The van der Waals surface area contributed by atoms with Crippen LogP contribution in [0.3, 0.4) is 0 Å². The number of methoxy groups -OCH3 is 1. The van der Waals surface area contributed by atoms with E-state index in [0.29, 0.717) is 26.2 Å². The lowest BCUT2D eigenvalue weighted by Crippen LogP contribution is -2.44. The predicted octanol–water partition coefficient (Wildman–Crippen LogP) is 3.55. The van der Waals surface area contributed by atoms with Crippen molar-refractivity contribution < 1.29 is 14.3 Å². The first kappa shape index (κ1) is 21.3. The second kappa shape index (κ2) is 9.90. The van der Waals surface area contributed by atoms with Crippen LogP contribution >= 0.6 is 0 Å². The van der Waals surface area contributed by atoms with Crippen molar-refractivity contribution in [1.29, 1.82) is 0 Å². The number of amides is 1. The number of hydrogen-bond acceptors (Lipinski definition) is 4. The van der Waals surface area contributed by atoms with Gasteiger partial charge in [0.1, 0.15) is 5.75 Å². The highest BCUT2D eigenvalue weighted by atomic mass is 16.5. The van der Waals surface area contributed by atoms with Gasteiger partial charge in [-0.2, -0.15) is 0 Å². The fourth-order valence-electron chi connectivity index (χ4n) is 3.93. The van der Waals surface area contributed by atoms with Crippen LogP contribution in [0.25, 0.3) is 0 Å². The molecule has 1 aliphatic heterocycles. The molecule has 1 aliphatic rings. The lowest BCUT2D eigenvalue weighted by atomic mass is 9.81. The molecule has 2 aromatic carbocycles. The number of nitrogens with one attached hydrogen (secondary N) is 1. The molecule has 0 radical (unpaired) electrons. The fraction of sp³-hybridized carbons (Fsp3) is 0.458. The third kappa shape index (κ3) is 5.58. The van der Waals surface area contributed by atoms with Gasteiger partial charge in [-0.05, 0) is 17.0 Å². The van der Waals surface area contributed by atoms with E-state index in [1.807, 2.05) is 36.4 Å². The molecule has 1 heterocycles. The smallest absolute Gasteiger partial charge is 0.220 e. The average molecular weight is 397 g/mol. The zero-order valence-corrected chi connectivity index (χ0v) is 17.7. The molecule has 1 unspecified atom stereocenters. The highest BCUT2D eigenvalue weighted by Crippen LogP contribution is 2.30. The third-order valence-electron chi connectivity index (χ3n) is 5.63. The van der Waals surface area contributed by atoms with Gasteiger partial charge < -0.3 is 14.8 Å². The summed E-state index contributed by atoms with van der Waals surface area (Å²) in [6, 6.07) is 18.3. The van der Waals surface area contributed by atoms with Crippen LogP contribution in [0.4, 0.5) is 0 Å². The molecule has 0 saturated carbocycles. The van der Waals surface area contributed by atoms with Crippen LogP contribution in [0, 0.1) is 0 Å². The second-order valence-corrected chi connectivity index (χ2v) is 8.14. The van der Waals surface area contributed by atoms with Crippen molar-refractivity contribution in [2.24, 2.45) is 0 Å². The number of carbonyl (C=O) groups excluding carboxylic acids is 1. The van der Waals surface area contributed by atoms with Crippen molar-refractivity contribution >= 4 is 5.91 Å². The molecular weight excluding hydrogens is 364 g/mol. The van der Waals surface area contributed by atoms with Crippen LogP contribution in [-0.4, -0.2) is 50.8 Å². The van der Waals surface area contributed by atoms with E-state index in [9.17, 15) is 4.79 Å². The lowest BCUT2D eigenvalue weighted by Gasteiger charge is -2.35. The van der Waals surface area contributed by atoms with Crippen LogP contribution < -0.4 is 10.1 Å². The lowest BCUT2D eigenvalue weighted by molar-refractivity contribution is -0.122. The van der Waals surface area contributed by atoms with E-state index in [-0.39, 0.29) is 17.4 Å². The van der Waals surface area contributed by atoms with E-state index >= 15 is 0 Å². The molecule has 1 N–H and O–H groups in total. The number of nitrogens with zero attached hydrogens (tertiary/aromatic N) is 1. The summed E-state index contributed by atoms with van der Waals surface area (Å²) >= 11 is 0. The quantitative estimate of drug-likeness (QED) is 0.741. The number of ether oxygens (including phenoxy) is 2. The van der Waals surface area contributed by atoms with Crippen molar-refractivity contribution in [1.82, 2.24) is 10.2 Å². The Kier molecular flexibility index (Phi) is 7.29. The molecule has 0 aliphatic carbocycles. The summed E-state index contributed by atoms with van der Waals surface area (Å²) in [7, 11) is 1.69. The normalized spacial score (nSPS) is 16.2. The van der Waals surface area contributed by atoms with Gasteiger partial charge in [-0.3, -0.25) is 9.69 Å². The molecule has 156 valence electrons. The van der Waals surface area contributed by atoms with Crippen molar-refractivity contribution in [3.05, 3.63) is 65.7 Å². The zero-order chi connectivity index (χ0) is 20.7. The largest absolute Gasteiger partial charge is 0.496 e. The second-order valence-electron chi connectivity index (χ2n) is 8.14. The van der Waals surface area contributed by atoms with Gasteiger partial charge in [-0.25, -0.2) is 0 Å². The van der Waals surface area contributed by atoms with Crippen LogP contribution in [0.15, 0.2) is 54.6 Å². The minimum absolute atomic E-state index is 0.0545. The van der Waals surface area contributed by atoms with E-state index < -0.39 is 0 Å². The van der Waals surface area contributed by atoms with Crippen molar-refractivity contribution in [2.75, 3.05) is 40.0 Å². The molecule has 0 bridgehead atoms. The van der Waals surface area contributed by atoms with E-state index in [4.69, 9.17) is 9.47 Å². The van der Waals surface area contributed by atoms with Crippen LogP contribution in [0.1, 0.15) is 37.4 Å². The topological polar surface area (TPSA) is 50.8 Å². The first-order valence-electron chi connectivity index (χ1n) is 10.3. The number of rotatable bonds is 8. The third-order valence-corrected chi connectivity index (χ3v) is 5.63. The molecule has 0 aromatic heterocycles. The maximum absolute atomic E-state index is 12.8. The van der Waals surface area contributed by atoms with E-state index in [2.05, 4.69) is 42.3 Å². The van der Waals surface area contributed by atoms with Gasteiger partial charge in [0.25, 0.3) is 0 Å². The van der Waals surface area contributed by atoms with Crippen molar-refractivity contribution in [3.8, 4) is 5.75 Å². The summed E-state index contributed by atoms with van der Waals surface area (Å²) in [6.07, 6.45) is 0.443. The molecule has 0 spiro atoms. The number of carbonyl (C=O) groups is 1. The summed E-state index contributed by atoms with van der Waals surface area (Å²) in [6.45, 7) is 7.87. The molecule has 5 nitrogen and oxygen atoms in total. The van der Waals surface area contributed by atoms with Gasteiger partial charge in [0.05, 0.1) is 26.4 Å². The number of hydrogen-bond donors (Lipinski definition) is 1. The molecule has 1 saturated heterocycles. The maximum Gasteiger partial charge on any atom is 0.220 e. The van der Waals surface area contributed by atoms with Crippen LogP contribution in [0.2, 0.25) is 0 Å². The number of morpholine rings is 1. The summed E-state index contributed by atoms with van der Waals surface area (Å²) in [5, 5.41) is 3.18. The Hall–Kier alpha value is -2.37. The Morgan fingerprint density at radius 1 is 1.10 bits per heavy atom. The van der Waals surface area contributed by atoms with Crippen LogP contribution in [0.5, 0.6) is 5.75 Å². The van der Waals surface area contributed by atoms with Gasteiger partial charge in [-0.15, -0.1) is 0 Å². The van der Waals surface area contributed by atoms with Gasteiger partial charge in [0, 0.05) is 31.6 Å². The van der Waals surface area contributed by atoms with Gasteiger partial charge in [0.15, 0.2) is 0 Å². The molecule has 1 amide bonds. The molecule has 2 aromatic rings. The maximum atomic E-state index is 12.8. The fourth-order valence-corrected chi connectivity index (χ4v) is 3.93. The molecule has 5 heteroatoms. The predicted molar refractivity (Wildman–Crippen MR) is 115 cm³/mol. The summed E-state index contributed by atoms with van der Waals surface area (Å²) < 4.78 is 11.1. The highest BCUT2D eigenvalue weighted by Gasteiger charge is 2.28. The minimum Gasteiger partial charge on any atom is -0.496 e. The Labute approximate surface area is 174 Å². The Morgan fingerprint density at radius 3 is 2.45 bits per heavy atom. The molecule has 1 atom stereocenters. The molecule has 3 rings (SSSR count). The number of benzene rings is 2. The van der Waals surface area contributed by atoms with E-state index in [1.54, 1.807) is 7.11 Å². The summed E-state index contributed by atoms with van der Waals surface area (Å²) in [5.41, 5.74) is 2.05. The van der Waals surface area contributed by atoms with E-state index in [0.717, 1.165) is 24.4 Å². The Bertz CT molecular complexity index is 786. The molecule has 29 heavy (non-hydrogen) atoms. The minimum atomic E-state index is -0.218. The molecular formula is C24H32N2O3. The van der Waals surface area contributed by atoms with Crippen molar-refractivity contribution in [3.63, 3.8) is 0 Å². The van der Waals surface area contributed by atoms with Gasteiger partial charge >= 0.3 is 0 Å². The first-order chi connectivity index (χ1) is 14.0. The summed E-state index contributed by atoms with van der Waals surface area (Å²) in [5.74, 6) is 0.912. The Balaban J connectivity index is 1.70. The number of para-hydroxylation sites is 1. The zero-order valence-electron chi connectivity index (χ0n) is 17.7. The SMILES string of the molecule is COc1ccccc1C(CNC(=O)CC(C)(C)c1ccccc1)N1CCOCC1. The van der Waals surface area contributed by atoms with Crippen LogP contribution in [-0.2, 0) is 14.9 Å². The van der Waals surface area contributed by atoms with Gasteiger partial charge in [0.2, 0.25) is 5.91 Å². The standard InChI is InChI=1S/C24H32N2O3/c1-24(2,19-9-5-4-6-10-19)17-23(27)25-18-21(26-13-15-29-16-14-26)20-11-7-8-12-22(20)28-3/h4-12,21H,13-18H2,1-3H3,(H,25,27). The first-order valence-corrected chi connectivity index (χ1v) is 10.3. The van der Waals surface area contributed by atoms with E-state index in [1.165, 1.54) is 5.56 Å². The molecule has 1 fully saturated rings. The highest BCUT2D eigenvalue weighted by molar-refractivity contribution is 5.77. The Morgan fingerprint density at radius 2 is 1.76 bits per heavy atom.